The molecular formula is C6H7F2NO3. The molecule has 0 spiro atoms. The molecule has 1 heterocycles. The van der Waals surface area contributed by atoms with Gasteiger partial charge in [0.1, 0.15) is 6.61 Å². The van der Waals surface area contributed by atoms with Gasteiger partial charge in [0.15, 0.2) is 12.4 Å². The number of hydrogen-bond donors (Lipinski definition) is 1. The third kappa shape index (κ3) is 2.46. The Morgan fingerprint density at radius 2 is 2.42 bits per heavy atom. The van der Waals surface area contributed by atoms with E-state index in [1.54, 1.807) is 0 Å². The molecule has 1 rings (SSSR count). The molecule has 0 unspecified atom stereocenters. The molecule has 0 aromatic carbocycles. The van der Waals surface area contributed by atoms with Crippen molar-refractivity contribution in [2.45, 2.75) is 13.0 Å². The Balaban J connectivity index is 2.41. The number of hydrogen-bond acceptors (Lipinski definition) is 4. The molecule has 0 bridgehead atoms. The van der Waals surface area contributed by atoms with Crippen LogP contribution in [0, 0.1) is 0 Å². The van der Waals surface area contributed by atoms with Gasteiger partial charge >= 0.3 is 0 Å². The second-order valence-corrected chi connectivity index (χ2v) is 1.99. The first-order chi connectivity index (χ1) is 5.72. The summed E-state index contributed by atoms with van der Waals surface area (Å²) in [6.45, 7) is -1.05. The molecule has 0 aliphatic carbocycles. The molecule has 6 heteroatoms. The van der Waals surface area contributed by atoms with Crippen LogP contribution in [-0.2, 0) is 6.61 Å². The quantitative estimate of drug-likeness (QED) is 0.743. The van der Waals surface area contributed by atoms with Crippen LogP contribution in [0.15, 0.2) is 10.6 Å². The van der Waals surface area contributed by atoms with E-state index >= 15 is 0 Å². The Kier molecular flexibility index (Phi) is 2.98. The molecule has 1 aromatic rings. The summed E-state index contributed by atoms with van der Waals surface area (Å²) in [6, 6.07) is 1.25. The molecular weight excluding hydrogens is 172 g/mol. The van der Waals surface area contributed by atoms with E-state index in [0.717, 1.165) is 0 Å². The number of aliphatic hydroxyl groups excluding tert-OH is 1. The normalized spacial score (nSPS) is 10.7. The Hall–Kier alpha value is -1.17. The Labute approximate surface area is 66.7 Å². The lowest BCUT2D eigenvalue weighted by atomic mass is 10.5. The van der Waals surface area contributed by atoms with Gasteiger partial charge in [0, 0.05) is 6.07 Å². The molecule has 0 saturated heterocycles. The van der Waals surface area contributed by atoms with Gasteiger partial charge in [0.25, 0.3) is 12.3 Å². The number of alkyl halides is 2. The lowest BCUT2D eigenvalue weighted by Gasteiger charge is -1.97. The maximum atomic E-state index is 11.6. The van der Waals surface area contributed by atoms with Crippen molar-refractivity contribution in [2.24, 2.45) is 0 Å². The Bertz CT molecular complexity index is 238. The van der Waals surface area contributed by atoms with Crippen LogP contribution < -0.4 is 4.74 Å². The van der Waals surface area contributed by atoms with Crippen molar-refractivity contribution in [3.63, 3.8) is 0 Å². The third-order valence-corrected chi connectivity index (χ3v) is 1.05. The molecule has 0 radical (unpaired) electrons. The lowest BCUT2D eigenvalue weighted by molar-refractivity contribution is 0.0775. The van der Waals surface area contributed by atoms with Crippen molar-refractivity contribution in [1.82, 2.24) is 5.16 Å². The van der Waals surface area contributed by atoms with Crippen LogP contribution >= 0.6 is 0 Å². The number of halogens is 2. The molecule has 12 heavy (non-hydrogen) atoms. The largest absolute Gasteiger partial charge is 0.469 e. The Morgan fingerprint density at radius 3 is 2.92 bits per heavy atom. The van der Waals surface area contributed by atoms with Gasteiger partial charge in [-0.1, -0.05) is 0 Å². The highest BCUT2D eigenvalue weighted by Crippen LogP contribution is 2.11. The van der Waals surface area contributed by atoms with E-state index in [0.29, 0.717) is 0 Å². The maximum Gasteiger partial charge on any atom is 0.272 e. The van der Waals surface area contributed by atoms with Crippen LogP contribution in [0.3, 0.4) is 0 Å². The summed E-state index contributed by atoms with van der Waals surface area (Å²) in [4.78, 5) is 0. The number of aliphatic hydroxyl groups is 1. The summed E-state index contributed by atoms with van der Waals surface area (Å²) in [5.74, 6) is 0.138. The number of rotatable bonds is 4. The molecule has 1 aromatic heterocycles. The standard InChI is InChI=1S/C6H7F2NO3/c7-5(8)3-11-6-1-4(2-10)12-9-6/h1,5,10H,2-3H2. The summed E-state index contributed by atoms with van der Waals surface area (Å²) in [5, 5.41) is 11.8. The minimum Gasteiger partial charge on any atom is -0.469 e. The minimum atomic E-state index is -2.54. The topological polar surface area (TPSA) is 55.5 Å². The van der Waals surface area contributed by atoms with E-state index in [-0.39, 0.29) is 18.2 Å². The number of aromatic nitrogens is 1. The fourth-order valence-corrected chi connectivity index (χ4v) is 0.585. The van der Waals surface area contributed by atoms with Gasteiger partial charge < -0.3 is 14.4 Å². The van der Waals surface area contributed by atoms with Gasteiger partial charge in [0.2, 0.25) is 0 Å². The summed E-state index contributed by atoms with van der Waals surface area (Å²) in [6.07, 6.45) is -2.54. The highest BCUT2D eigenvalue weighted by atomic mass is 19.3. The number of ether oxygens (including phenoxy) is 1. The van der Waals surface area contributed by atoms with Gasteiger partial charge in [-0.3, -0.25) is 0 Å². The van der Waals surface area contributed by atoms with Crippen molar-refractivity contribution in [1.29, 1.82) is 0 Å². The van der Waals surface area contributed by atoms with Crippen LogP contribution in [0.1, 0.15) is 5.76 Å². The van der Waals surface area contributed by atoms with E-state index in [1.807, 2.05) is 0 Å². The average Bonchev–Trinajstić information content (AvgIpc) is 2.48. The molecule has 0 fully saturated rings. The fourth-order valence-electron chi connectivity index (χ4n) is 0.585. The SMILES string of the molecule is OCc1cc(OCC(F)F)no1. The smallest absolute Gasteiger partial charge is 0.272 e. The molecule has 0 saturated carbocycles. The van der Waals surface area contributed by atoms with E-state index in [1.165, 1.54) is 6.07 Å². The van der Waals surface area contributed by atoms with E-state index in [4.69, 9.17) is 5.11 Å². The predicted molar refractivity (Wildman–Crippen MR) is 33.9 cm³/mol. The molecule has 4 nitrogen and oxygen atoms in total. The monoisotopic (exact) mass is 179 g/mol. The molecule has 68 valence electrons. The van der Waals surface area contributed by atoms with Crippen LogP contribution in [0.5, 0.6) is 5.88 Å². The van der Waals surface area contributed by atoms with Crippen molar-refractivity contribution >= 4 is 0 Å². The Morgan fingerprint density at radius 1 is 1.67 bits per heavy atom. The van der Waals surface area contributed by atoms with Gasteiger partial charge in [0.05, 0.1) is 0 Å². The summed E-state index contributed by atoms with van der Waals surface area (Å²) in [7, 11) is 0. The third-order valence-electron chi connectivity index (χ3n) is 1.05. The molecule has 0 atom stereocenters. The first-order valence-corrected chi connectivity index (χ1v) is 3.19. The number of nitrogens with zero attached hydrogens (tertiary/aromatic N) is 1. The van der Waals surface area contributed by atoms with Gasteiger partial charge in [-0.05, 0) is 5.16 Å². The van der Waals surface area contributed by atoms with Crippen LogP contribution in [-0.4, -0.2) is 23.3 Å². The summed E-state index contributed by atoms with van der Waals surface area (Å²) < 4.78 is 32.1. The predicted octanol–water partition coefficient (Wildman–Crippen LogP) is 0.811. The molecule has 0 aliphatic rings. The second kappa shape index (κ2) is 4.01. The van der Waals surface area contributed by atoms with Gasteiger partial charge in [-0.15, -0.1) is 0 Å². The first-order valence-electron chi connectivity index (χ1n) is 3.19. The van der Waals surface area contributed by atoms with Crippen molar-refractivity contribution in [2.75, 3.05) is 6.61 Å². The first kappa shape index (κ1) is 8.92. The average molecular weight is 179 g/mol. The molecule has 0 amide bonds. The second-order valence-electron chi connectivity index (χ2n) is 1.99. The highest BCUT2D eigenvalue weighted by molar-refractivity contribution is 5.09. The zero-order valence-electron chi connectivity index (χ0n) is 6.04. The van der Waals surface area contributed by atoms with E-state index in [9.17, 15) is 8.78 Å². The fraction of sp³-hybridized carbons (Fsp3) is 0.500. The van der Waals surface area contributed by atoms with E-state index < -0.39 is 13.0 Å². The molecule has 0 aliphatic heterocycles. The van der Waals surface area contributed by atoms with Crippen molar-refractivity contribution in [3.8, 4) is 5.88 Å². The van der Waals surface area contributed by atoms with Crippen molar-refractivity contribution in [3.05, 3.63) is 11.8 Å². The summed E-state index contributed by atoms with van der Waals surface area (Å²) in [5.41, 5.74) is 0. The summed E-state index contributed by atoms with van der Waals surface area (Å²) >= 11 is 0. The van der Waals surface area contributed by atoms with Crippen LogP contribution in [0.25, 0.3) is 0 Å². The lowest BCUT2D eigenvalue weighted by Crippen LogP contribution is -2.06. The minimum absolute atomic E-state index is 0.0423. The highest BCUT2D eigenvalue weighted by Gasteiger charge is 2.07. The van der Waals surface area contributed by atoms with Gasteiger partial charge in [-0.2, -0.15) is 0 Å². The van der Waals surface area contributed by atoms with Crippen LogP contribution in [0.4, 0.5) is 8.78 Å². The zero-order valence-corrected chi connectivity index (χ0v) is 6.04. The zero-order chi connectivity index (χ0) is 8.97. The van der Waals surface area contributed by atoms with E-state index in [2.05, 4.69) is 14.4 Å². The van der Waals surface area contributed by atoms with Crippen LogP contribution in [0.2, 0.25) is 0 Å². The maximum absolute atomic E-state index is 11.6. The molecule has 1 N–H and O–H groups in total. The van der Waals surface area contributed by atoms with Gasteiger partial charge in [-0.25, -0.2) is 8.78 Å². The van der Waals surface area contributed by atoms with Crippen molar-refractivity contribution < 1.29 is 23.1 Å².